The SMILES string of the molecule is CSc1nnc(CCC(=O)N2CCCN2C(=O)C=Cc2c(C)nn(C)c2Cl)c(=O)[nH]1. The zero-order valence-corrected chi connectivity index (χ0v) is 18.5. The highest BCUT2D eigenvalue weighted by Crippen LogP contribution is 2.21. The molecule has 10 nitrogen and oxygen atoms in total. The lowest BCUT2D eigenvalue weighted by Crippen LogP contribution is -2.44. The van der Waals surface area contributed by atoms with E-state index in [4.69, 9.17) is 11.6 Å². The number of thioether (sulfide) groups is 1. The minimum Gasteiger partial charge on any atom is -0.298 e. The number of amides is 2. The molecule has 0 spiro atoms. The Morgan fingerprint density at radius 1 is 1.27 bits per heavy atom. The van der Waals surface area contributed by atoms with E-state index >= 15 is 0 Å². The van der Waals surface area contributed by atoms with Crippen LogP contribution in [0, 0.1) is 6.92 Å². The smallest absolute Gasteiger partial charge is 0.273 e. The summed E-state index contributed by atoms with van der Waals surface area (Å²) in [4.78, 5) is 39.9. The summed E-state index contributed by atoms with van der Waals surface area (Å²) in [6, 6.07) is 0. The van der Waals surface area contributed by atoms with Crippen molar-refractivity contribution in [1.82, 2.24) is 35.0 Å². The van der Waals surface area contributed by atoms with Crippen molar-refractivity contribution in [3.05, 3.63) is 38.5 Å². The third-order valence-corrected chi connectivity index (χ3v) is 5.69. The average molecular weight is 452 g/mol. The Hall–Kier alpha value is -2.66. The van der Waals surface area contributed by atoms with Crippen LogP contribution in [0.15, 0.2) is 16.0 Å². The molecule has 1 fully saturated rings. The molecule has 1 N–H and O–H groups in total. The predicted molar refractivity (Wildman–Crippen MR) is 113 cm³/mol. The first-order valence-electron chi connectivity index (χ1n) is 9.30. The van der Waals surface area contributed by atoms with Gasteiger partial charge in [-0.25, -0.2) is 5.01 Å². The van der Waals surface area contributed by atoms with Crippen molar-refractivity contribution in [2.45, 2.75) is 31.3 Å². The molecule has 0 radical (unpaired) electrons. The van der Waals surface area contributed by atoms with Gasteiger partial charge in [0.1, 0.15) is 10.8 Å². The fourth-order valence-corrected chi connectivity index (χ4v) is 3.69. The molecule has 1 aliphatic heterocycles. The molecule has 2 aromatic heterocycles. The fraction of sp³-hybridized carbons (Fsp3) is 0.444. The molecule has 0 aromatic carbocycles. The van der Waals surface area contributed by atoms with Crippen LogP contribution in [0.4, 0.5) is 0 Å². The van der Waals surface area contributed by atoms with Gasteiger partial charge >= 0.3 is 0 Å². The van der Waals surface area contributed by atoms with Crippen LogP contribution in [-0.2, 0) is 23.1 Å². The van der Waals surface area contributed by atoms with Gasteiger partial charge in [0.15, 0.2) is 5.16 Å². The van der Waals surface area contributed by atoms with E-state index in [-0.39, 0.29) is 35.9 Å². The molecule has 1 aliphatic rings. The van der Waals surface area contributed by atoms with Crippen LogP contribution < -0.4 is 5.56 Å². The Balaban J connectivity index is 1.64. The van der Waals surface area contributed by atoms with Gasteiger partial charge in [0.25, 0.3) is 11.5 Å². The number of nitrogens with zero attached hydrogens (tertiary/aromatic N) is 6. The summed E-state index contributed by atoms with van der Waals surface area (Å²) in [6.45, 7) is 2.69. The lowest BCUT2D eigenvalue weighted by molar-refractivity contribution is -0.154. The van der Waals surface area contributed by atoms with Gasteiger partial charge in [-0.1, -0.05) is 23.4 Å². The number of hydrazine groups is 1. The second kappa shape index (κ2) is 9.43. The highest BCUT2D eigenvalue weighted by molar-refractivity contribution is 7.98. The number of aromatic nitrogens is 5. The molecule has 1 saturated heterocycles. The molecule has 0 aliphatic carbocycles. The summed E-state index contributed by atoms with van der Waals surface area (Å²) in [7, 11) is 1.72. The quantitative estimate of drug-likeness (QED) is 0.518. The second-order valence-electron chi connectivity index (χ2n) is 6.69. The van der Waals surface area contributed by atoms with Gasteiger partial charge in [-0.15, -0.1) is 10.2 Å². The Kier molecular flexibility index (Phi) is 6.93. The Morgan fingerprint density at radius 3 is 2.63 bits per heavy atom. The van der Waals surface area contributed by atoms with Gasteiger partial charge in [0, 0.05) is 44.6 Å². The van der Waals surface area contributed by atoms with E-state index < -0.39 is 0 Å². The standard InChI is InChI=1S/C18H22ClN7O3S/c1-11-12(16(19)24(2)23-11)5-7-14(27)25-9-4-10-26(25)15(28)8-6-13-17(29)20-18(30-3)22-21-13/h5,7H,4,6,8-10H2,1-3H3,(H,20,22,29). The molecule has 12 heteroatoms. The number of hydrogen-bond acceptors (Lipinski definition) is 7. The van der Waals surface area contributed by atoms with E-state index in [0.717, 1.165) is 0 Å². The fourth-order valence-electron chi connectivity index (χ4n) is 3.13. The summed E-state index contributed by atoms with van der Waals surface area (Å²) >= 11 is 7.46. The Labute approximate surface area is 182 Å². The van der Waals surface area contributed by atoms with Crippen LogP contribution in [0.3, 0.4) is 0 Å². The molecular formula is C18H22ClN7O3S. The predicted octanol–water partition coefficient (Wildman–Crippen LogP) is 1.20. The maximum Gasteiger partial charge on any atom is 0.273 e. The molecule has 3 heterocycles. The highest BCUT2D eigenvalue weighted by atomic mass is 35.5. The van der Waals surface area contributed by atoms with Crippen LogP contribution in [0.5, 0.6) is 0 Å². The number of carbonyl (C=O) groups excluding carboxylic acids is 2. The second-order valence-corrected chi connectivity index (χ2v) is 7.84. The van der Waals surface area contributed by atoms with Crippen molar-refractivity contribution in [3.63, 3.8) is 0 Å². The van der Waals surface area contributed by atoms with Crippen molar-refractivity contribution >= 4 is 41.3 Å². The van der Waals surface area contributed by atoms with E-state index in [9.17, 15) is 14.4 Å². The van der Waals surface area contributed by atoms with E-state index in [2.05, 4.69) is 20.3 Å². The number of carbonyl (C=O) groups is 2. The molecule has 2 amide bonds. The number of halogens is 1. The van der Waals surface area contributed by atoms with Crippen LogP contribution in [0.2, 0.25) is 5.15 Å². The van der Waals surface area contributed by atoms with E-state index in [1.807, 2.05) is 0 Å². The lowest BCUT2D eigenvalue weighted by Gasteiger charge is -2.26. The zero-order valence-electron chi connectivity index (χ0n) is 16.9. The molecule has 0 unspecified atom stereocenters. The third-order valence-electron chi connectivity index (χ3n) is 4.68. The monoisotopic (exact) mass is 451 g/mol. The molecule has 0 atom stereocenters. The van der Waals surface area contributed by atoms with E-state index in [1.165, 1.54) is 32.5 Å². The van der Waals surface area contributed by atoms with Gasteiger partial charge in [0.2, 0.25) is 5.91 Å². The first-order valence-corrected chi connectivity index (χ1v) is 10.9. The molecule has 3 rings (SSSR count). The van der Waals surface area contributed by atoms with Crippen LogP contribution in [0.25, 0.3) is 6.08 Å². The van der Waals surface area contributed by atoms with Crippen molar-refractivity contribution < 1.29 is 9.59 Å². The van der Waals surface area contributed by atoms with Crippen molar-refractivity contribution in [2.24, 2.45) is 7.05 Å². The highest BCUT2D eigenvalue weighted by Gasteiger charge is 2.29. The van der Waals surface area contributed by atoms with Crippen molar-refractivity contribution in [2.75, 3.05) is 19.3 Å². The maximum absolute atomic E-state index is 12.7. The van der Waals surface area contributed by atoms with Gasteiger partial charge in [-0.2, -0.15) is 5.10 Å². The Morgan fingerprint density at radius 2 is 2.00 bits per heavy atom. The van der Waals surface area contributed by atoms with E-state index in [1.54, 1.807) is 26.3 Å². The third kappa shape index (κ3) is 4.73. The topological polar surface area (TPSA) is 117 Å². The van der Waals surface area contributed by atoms with Gasteiger partial charge in [0.05, 0.1) is 5.69 Å². The first kappa shape index (κ1) is 22.0. The van der Waals surface area contributed by atoms with Gasteiger partial charge < -0.3 is 0 Å². The number of aromatic amines is 1. The zero-order chi connectivity index (χ0) is 21.8. The van der Waals surface area contributed by atoms with Crippen LogP contribution >= 0.6 is 23.4 Å². The number of aryl methyl sites for hydroxylation is 3. The molecule has 30 heavy (non-hydrogen) atoms. The van der Waals surface area contributed by atoms with Crippen LogP contribution in [-0.4, -0.2) is 66.1 Å². The summed E-state index contributed by atoms with van der Waals surface area (Å²) in [5, 5.41) is 15.7. The van der Waals surface area contributed by atoms with Gasteiger partial charge in [-0.05, 0) is 25.7 Å². The molecule has 0 saturated carbocycles. The minimum atomic E-state index is -0.358. The first-order chi connectivity index (χ1) is 14.3. The maximum atomic E-state index is 12.7. The number of rotatable bonds is 6. The van der Waals surface area contributed by atoms with Crippen molar-refractivity contribution in [1.29, 1.82) is 0 Å². The summed E-state index contributed by atoms with van der Waals surface area (Å²) in [6.07, 6.45) is 5.66. The molecule has 160 valence electrons. The molecule has 0 bridgehead atoms. The summed E-state index contributed by atoms with van der Waals surface area (Å²) < 4.78 is 1.53. The Bertz CT molecular complexity index is 1050. The van der Waals surface area contributed by atoms with Crippen LogP contribution in [0.1, 0.15) is 29.8 Å². The summed E-state index contributed by atoms with van der Waals surface area (Å²) in [5.74, 6) is -0.567. The molecular weight excluding hydrogens is 430 g/mol. The average Bonchev–Trinajstić information content (AvgIpc) is 3.30. The summed E-state index contributed by atoms with van der Waals surface area (Å²) in [5.41, 5.74) is 1.21. The largest absolute Gasteiger partial charge is 0.298 e. The normalized spacial score (nSPS) is 14.1. The van der Waals surface area contributed by atoms with E-state index in [0.29, 0.717) is 41.1 Å². The van der Waals surface area contributed by atoms with Gasteiger partial charge in [-0.3, -0.25) is 29.1 Å². The molecule has 2 aromatic rings. The minimum absolute atomic E-state index is 0.0530. The number of hydrogen-bond donors (Lipinski definition) is 1. The van der Waals surface area contributed by atoms with Crippen molar-refractivity contribution in [3.8, 4) is 0 Å². The number of nitrogens with one attached hydrogen (secondary N) is 1. The lowest BCUT2D eigenvalue weighted by atomic mass is 10.2. The number of H-pyrrole nitrogens is 1.